The second-order valence-electron chi connectivity index (χ2n) is 24.8. The molecule has 0 N–H and O–H groups in total. The number of hydrogen-bond donors (Lipinski definition) is 0. The highest BCUT2D eigenvalue weighted by Gasteiger charge is 2.50. The molecule has 8 heteroatoms. The van der Waals surface area contributed by atoms with E-state index in [2.05, 4.69) is 99.9 Å². The molecule has 0 spiro atoms. The van der Waals surface area contributed by atoms with Crippen molar-refractivity contribution in [2.24, 2.45) is 11.8 Å². The van der Waals surface area contributed by atoms with Gasteiger partial charge in [-0.05, 0) is 99.4 Å². The quantitative estimate of drug-likeness (QED) is 0.0414. The first-order valence-electron chi connectivity index (χ1n) is 37.3. The molecule has 2 aliphatic rings. The molecule has 0 bridgehead atoms. The molecule has 4 aromatic heterocycles. The fourth-order valence-electron chi connectivity index (χ4n) is 12.9. The van der Waals surface area contributed by atoms with E-state index >= 15 is 9.59 Å². The molecule has 0 saturated carbocycles. The Morgan fingerprint density at radius 2 is 0.563 bits per heavy atom. The van der Waals surface area contributed by atoms with Gasteiger partial charge in [-0.15, -0.1) is 45.3 Å². The van der Waals surface area contributed by atoms with Gasteiger partial charge in [-0.1, -0.05) is 307 Å². The number of carbonyl (C=O) groups is 2. The Morgan fingerprint density at radius 3 is 0.851 bits per heavy atom. The van der Waals surface area contributed by atoms with Gasteiger partial charge in [0.05, 0.1) is 32.3 Å². The maximum absolute atomic E-state index is 16.0. The molecule has 6 heterocycles. The van der Waals surface area contributed by atoms with Gasteiger partial charge in [0.15, 0.2) is 0 Å². The molecule has 0 radical (unpaired) electrons. The zero-order chi connectivity index (χ0) is 63.3. The molecule has 0 fully saturated rings. The summed E-state index contributed by atoms with van der Waals surface area (Å²) in [6.07, 6.45) is 53.3. The van der Waals surface area contributed by atoms with E-state index in [0.29, 0.717) is 36.1 Å². The van der Waals surface area contributed by atoms with Crippen LogP contribution < -0.4 is 0 Å². The van der Waals surface area contributed by atoms with E-state index in [4.69, 9.17) is 0 Å². The number of fused-ring (bicyclic) bond motifs is 1. The largest absolute Gasteiger partial charge is 0.306 e. The Kier molecular flexibility index (Phi) is 45.0. The average molecular weight is 1270 g/mol. The molecule has 0 saturated heterocycles. The lowest BCUT2D eigenvalue weighted by Gasteiger charge is -2.29. The van der Waals surface area contributed by atoms with Gasteiger partial charge in [0.2, 0.25) is 0 Å². The third kappa shape index (κ3) is 28.3. The zero-order valence-corrected chi connectivity index (χ0v) is 61.8. The van der Waals surface area contributed by atoms with Crippen LogP contribution in [0, 0.1) is 18.8 Å². The van der Waals surface area contributed by atoms with E-state index in [-0.39, 0.29) is 11.8 Å². The Hall–Kier alpha value is -2.78. The summed E-state index contributed by atoms with van der Waals surface area (Å²) in [5.41, 5.74) is 3.16. The van der Waals surface area contributed by atoms with E-state index in [9.17, 15) is 0 Å². The number of carbonyl (C=O) groups excluding carboxylic acids is 2. The molecular formula is C79H132N2O2S4. The number of aryl methyl sites for hydroxylation is 2. The minimum absolute atomic E-state index is 0.0630. The summed E-state index contributed by atoms with van der Waals surface area (Å²) in [7, 11) is 0. The van der Waals surface area contributed by atoms with E-state index in [1.54, 1.807) is 22.7 Å². The normalized spacial score (nSPS) is 13.7. The Labute approximate surface area is 554 Å². The number of nitrogens with zero attached hydrogens (tertiary/aromatic N) is 2. The minimum atomic E-state index is 0.0630. The van der Waals surface area contributed by atoms with Crippen molar-refractivity contribution in [3.05, 3.63) is 79.2 Å². The number of amides is 2. The fourth-order valence-corrected chi connectivity index (χ4v) is 17.0. The van der Waals surface area contributed by atoms with Crippen molar-refractivity contribution >= 4 is 68.6 Å². The number of hydrogen-bond acceptors (Lipinski definition) is 6. The third-order valence-corrected chi connectivity index (χ3v) is 22.6. The first-order chi connectivity index (χ1) is 42.8. The molecule has 2 aliphatic heterocycles. The molecule has 0 aromatic carbocycles. The standard InChI is InChI=1S/C73H114N2O2S4.3C2H6/c1-7-12-16-20-24-28-30-34-38-42-45-59(44-40-36-32-26-22-18-14-9-3)56-74-70(66-50-48-58(6)78-66)68-69(73(74)77)71(67-55-54-65(81-67)64-53-52-63(80-64)62-51-49-61(11-5)79-62)75(72(68)76)57-60(46-41-37-33-27-23-19-15-10-4)47-43-39-35-31-29-25-21-17-13-8-2;3*1-2/h48-55,59-60H,7-47,56-57H2,1-6H3;3*1-2H3. The van der Waals surface area contributed by atoms with Crippen LogP contribution in [0.1, 0.15) is 353 Å². The highest BCUT2D eigenvalue weighted by molar-refractivity contribution is 7.26. The molecule has 6 rings (SSSR count). The molecular weight excluding hydrogens is 1140 g/mol. The highest BCUT2D eigenvalue weighted by atomic mass is 32.1. The van der Waals surface area contributed by atoms with Crippen molar-refractivity contribution < 1.29 is 9.59 Å². The SMILES string of the molecule is CC.CC.CC.CCCCCCCCCCCCC(CCCCCCCCCC)CN1C(=O)C2=C(c3ccc(-c4ccc(-c5ccc(CC)s5)s4)s3)N(CC(CCCCCCCCCC)CCCCCCCCCCCC)C(=O)C2=C1c1ccc(C)s1. The topological polar surface area (TPSA) is 40.6 Å². The van der Waals surface area contributed by atoms with Gasteiger partial charge in [-0.2, -0.15) is 0 Å². The smallest absolute Gasteiger partial charge is 0.261 e. The van der Waals surface area contributed by atoms with Crippen molar-refractivity contribution in [1.29, 1.82) is 0 Å². The molecule has 494 valence electrons. The van der Waals surface area contributed by atoms with Gasteiger partial charge in [0.25, 0.3) is 11.8 Å². The molecule has 2 amide bonds. The fraction of sp³-hybridized carbons (Fsp3) is 0.722. The summed E-state index contributed by atoms with van der Waals surface area (Å²) in [5.74, 6) is 0.928. The van der Waals surface area contributed by atoms with Crippen LogP contribution in [0.5, 0.6) is 0 Å². The van der Waals surface area contributed by atoms with Gasteiger partial charge in [0, 0.05) is 42.4 Å². The average Bonchev–Trinajstić information content (AvgIpc) is 1.58. The molecule has 2 atom stereocenters. The van der Waals surface area contributed by atoms with Crippen molar-refractivity contribution in [2.75, 3.05) is 13.1 Å². The Bertz CT molecular complexity index is 2410. The highest BCUT2D eigenvalue weighted by Crippen LogP contribution is 2.51. The van der Waals surface area contributed by atoms with Gasteiger partial charge in [-0.25, -0.2) is 0 Å². The van der Waals surface area contributed by atoms with Gasteiger partial charge in [0.1, 0.15) is 0 Å². The lowest BCUT2D eigenvalue weighted by atomic mass is 9.93. The molecule has 87 heavy (non-hydrogen) atoms. The van der Waals surface area contributed by atoms with Crippen molar-refractivity contribution in [3.8, 4) is 19.5 Å². The van der Waals surface area contributed by atoms with E-state index < -0.39 is 0 Å². The number of unbranched alkanes of at least 4 members (excludes halogenated alkanes) is 32. The summed E-state index contributed by atoms with van der Waals surface area (Å²) in [4.78, 5) is 46.1. The number of thiophene rings is 4. The number of rotatable bonds is 49. The van der Waals surface area contributed by atoms with Crippen LogP contribution in [0.3, 0.4) is 0 Å². The van der Waals surface area contributed by atoms with Crippen LogP contribution in [0.4, 0.5) is 0 Å². The van der Waals surface area contributed by atoms with Crippen molar-refractivity contribution in [1.82, 2.24) is 9.80 Å². The maximum Gasteiger partial charge on any atom is 0.261 e. The van der Waals surface area contributed by atoms with Gasteiger partial charge >= 0.3 is 0 Å². The maximum atomic E-state index is 16.0. The summed E-state index contributed by atoms with van der Waals surface area (Å²) in [6.45, 7) is 27.0. The van der Waals surface area contributed by atoms with Crippen LogP contribution in [0.15, 0.2) is 59.7 Å². The summed E-state index contributed by atoms with van der Waals surface area (Å²) in [5, 5.41) is 0. The predicted octanol–water partition coefficient (Wildman–Crippen LogP) is 27.9. The second-order valence-corrected chi connectivity index (χ2v) is 29.5. The molecule has 4 aromatic rings. The Balaban J connectivity index is 0.00000320. The minimum Gasteiger partial charge on any atom is -0.306 e. The second kappa shape index (κ2) is 49.9. The monoisotopic (exact) mass is 1270 g/mol. The van der Waals surface area contributed by atoms with E-state index in [1.165, 1.54) is 260 Å². The molecule has 2 unspecified atom stereocenters. The molecule has 4 nitrogen and oxygen atoms in total. The molecule has 0 aliphatic carbocycles. The van der Waals surface area contributed by atoms with E-state index in [0.717, 1.165) is 53.3 Å². The summed E-state index contributed by atoms with van der Waals surface area (Å²) >= 11 is 7.31. The van der Waals surface area contributed by atoms with Crippen LogP contribution in [0.25, 0.3) is 30.9 Å². The van der Waals surface area contributed by atoms with E-state index in [1.807, 2.05) is 64.2 Å². The third-order valence-electron chi connectivity index (χ3n) is 17.8. The van der Waals surface area contributed by atoms with Gasteiger partial charge in [-0.3, -0.25) is 9.59 Å². The van der Waals surface area contributed by atoms with Crippen LogP contribution in [0.2, 0.25) is 0 Å². The summed E-state index contributed by atoms with van der Waals surface area (Å²) < 4.78 is 0. The first-order valence-corrected chi connectivity index (χ1v) is 40.6. The lowest BCUT2D eigenvalue weighted by Crippen LogP contribution is -2.34. The van der Waals surface area contributed by atoms with Crippen molar-refractivity contribution in [2.45, 2.75) is 346 Å². The predicted molar refractivity (Wildman–Crippen MR) is 395 cm³/mol. The zero-order valence-electron chi connectivity index (χ0n) is 58.5. The first kappa shape index (κ1) is 78.5. The van der Waals surface area contributed by atoms with Crippen LogP contribution in [-0.2, 0) is 16.0 Å². The Morgan fingerprint density at radius 1 is 0.310 bits per heavy atom. The van der Waals surface area contributed by atoms with Crippen molar-refractivity contribution in [3.63, 3.8) is 0 Å². The van der Waals surface area contributed by atoms with Crippen LogP contribution in [-0.4, -0.2) is 34.7 Å². The van der Waals surface area contributed by atoms with Crippen LogP contribution >= 0.6 is 45.3 Å². The summed E-state index contributed by atoms with van der Waals surface area (Å²) in [6, 6.07) is 18.1. The lowest BCUT2D eigenvalue weighted by molar-refractivity contribution is -0.124. The van der Waals surface area contributed by atoms with Gasteiger partial charge < -0.3 is 9.80 Å².